The maximum absolute atomic E-state index is 12.5. The summed E-state index contributed by atoms with van der Waals surface area (Å²) in [5, 5.41) is 12.0. The molecule has 0 fully saturated rings. The van der Waals surface area contributed by atoms with Gasteiger partial charge >= 0.3 is 11.9 Å². The van der Waals surface area contributed by atoms with Crippen molar-refractivity contribution in [3.8, 4) is 0 Å². The Bertz CT molecular complexity index is 1010. The lowest BCUT2D eigenvalue weighted by atomic mass is 9.82. The van der Waals surface area contributed by atoms with Crippen LogP contribution in [0.3, 0.4) is 0 Å². The molecule has 0 unspecified atom stereocenters. The van der Waals surface area contributed by atoms with Gasteiger partial charge in [0.1, 0.15) is 0 Å². The molecule has 2 atom stereocenters. The molecule has 0 saturated carbocycles. The molecule has 8 heteroatoms. The van der Waals surface area contributed by atoms with Gasteiger partial charge in [0.15, 0.2) is 12.4 Å². The Kier molecular flexibility index (Phi) is 7.36. The summed E-state index contributed by atoms with van der Waals surface area (Å²) >= 11 is 3.29. The van der Waals surface area contributed by atoms with E-state index in [9.17, 15) is 24.3 Å². The van der Waals surface area contributed by atoms with Crippen LogP contribution in [0.4, 0.5) is 5.69 Å². The van der Waals surface area contributed by atoms with Gasteiger partial charge in [-0.2, -0.15) is 0 Å². The number of ketones is 1. The molecule has 1 amide bonds. The Morgan fingerprint density at radius 2 is 1.48 bits per heavy atom. The Morgan fingerprint density at radius 1 is 0.903 bits per heavy atom. The molecule has 2 aromatic carbocycles. The number of carboxylic acid groups (broad SMARTS) is 1. The number of halogens is 1. The van der Waals surface area contributed by atoms with Crippen LogP contribution < -0.4 is 5.32 Å². The zero-order valence-corrected chi connectivity index (χ0v) is 18.0. The first kappa shape index (κ1) is 22.4. The van der Waals surface area contributed by atoms with Gasteiger partial charge < -0.3 is 15.2 Å². The molecule has 0 radical (unpaired) electrons. The van der Waals surface area contributed by atoms with E-state index >= 15 is 0 Å². The van der Waals surface area contributed by atoms with Gasteiger partial charge in [-0.05, 0) is 49.2 Å². The molecule has 2 N–H and O–H groups in total. The first-order valence-corrected chi connectivity index (χ1v) is 10.4. The molecule has 160 valence electrons. The van der Waals surface area contributed by atoms with Crippen LogP contribution in [0.2, 0.25) is 0 Å². The lowest BCUT2D eigenvalue weighted by Crippen LogP contribution is -2.34. The molecule has 0 aromatic heterocycles. The van der Waals surface area contributed by atoms with E-state index in [1.807, 2.05) is 0 Å². The first-order chi connectivity index (χ1) is 14.8. The zero-order valence-electron chi connectivity index (χ0n) is 16.4. The quantitative estimate of drug-likeness (QED) is 0.347. The third-order valence-electron chi connectivity index (χ3n) is 4.98. The molecular formula is C23H20BrNO6. The van der Waals surface area contributed by atoms with Crippen molar-refractivity contribution in [3.05, 3.63) is 76.3 Å². The number of carboxylic acids is 1. The molecule has 0 aliphatic heterocycles. The van der Waals surface area contributed by atoms with E-state index < -0.39 is 23.8 Å². The van der Waals surface area contributed by atoms with Crippen LogP contribution in [0, 0.1) is 11.8 Å². The fourth-order valence-electron chi connectivity index (χ4n) is 3.24. The van der Waals surface area contributed by atoms with E-state index in [4.69, 9.17) is 4.74 Å². The van der Waals surface area contributed by atoms with Gasteiger partial charge in [0.25, 0.3) is 0 Å². The van der Waals surface area contributed by atoms with Gasteiger partial charge in [-0.3, -0.25) is 14.4 Å². The van der Waals surface area contributed by atoms with Crippen LogP contribution in [0.1, 0.15) is 33.6 Å². The van der Waals surface area contributed by atoms with Gasteiger partial charge in [-0.15, -0.1) is 0 Å². The molecule has 2 aromatic rings. The average molecular weight is 486 g/mol. The minimum atomic E-state index is -1.000. The molecule has 31 heavy (non-hydrogen) atoms. The van der Waals surface area contributed by atoms with Crippen molar-refractivity contribution >= 4 is 45.2 Å². The number of Topliss-reactive ketones (excluding diaryl/α,β-unsaturated/α-hetero) is 1. The van der Waals surface area contributed by atoms with Crippen molar-refractivity contribution in [1.29, 1.82) is 0 Å². The van der Waals surface area contributed by atoms with Crippen LogP contribution in [0.25, 0.3) is 0 Å². The fraction of sp³-hybridized carbons (Fsp3) is 0.217. The molecule has 0 bridgehead atoms. The maximum Gasteiger partial charge on any atom is 0.338 e. The summed E-state index contributed by atoms with van der Waals surface area (Å²) in [5.74, 6) is -3.78. The summed E-state index contributed by atoms with van der Waals surface area (Å²) in [5.41, 5.74) is 1.10. The predicted octanol–water partition coefficient (Wildman–Crippen LogP) is 4.09. The van der Waals surface area contributed by atoms with Crippen LogP contribution in [-0.2, 0) is 14.3 Å². The van der Waals surface area contributed by atoms with E-state index in [-0.39, 0.29) is 23.9 Å². The van der Waals surface area contributed by atoms with Crippen LogP contribution in [-0.4, -0.2) is 35.3 Å². The van der Waals surface area contributed by atoms with Crippen molar-refractivity contribution in [3.63, 3.8) is 0 Å². The van der Waals surface area contributed by atoms with Crippen molar-refractivity contribution in [2.24, 2.45) is 11.8 Å². The van der Waals surface area contributed by atoms with Crippen LogP contribution >= 0.6 is 15.9 Å². The highest BCUT2D eigenvalue weighted by Gasteiger charge is 2.33. The second kappa shape index (κ2) is 10.2. The number of allylic oxidation sites excluding steroid dienone is 2. The third kappa shape index (κ3) is 5.88. The monoisotopic (exact) mass is 485 g/mol. The number of nitrogens with one attached hydrogen (secondary N) is 1. The Labute approximate surface area is 187 Å². The number of rotatable bonds is 7. The Balaban J connectivity index is 1.55. The molecular weight excluding hydrogens is 466 g/mol. The van der Waals surface area contributed by atoms with Gasteiger partial charge in [-0.25, -0.2) is 4.79 Å². The minimum absolute atomic E-state index is 0.227. The van der Waals surface area contributed by atoms with E-state index in [0.717, 1.165) is 4.47 Å². The molecule has 0 spiro atoms. The molecule has 0 heterocycles. The number of hydrogen-bond acceptors (Lipinski definition) is 5. The number of benzene rings is 2. The highest BCUT2D eigenvalue weighted by Crippen LogP contribution is 2.27. The van der Waals surface area contributed by atoms with E-state index in [1.165, 1.54) is 24.3 Å². The highest BCUT2D eigenvalue weighted by atomic mass is 79.9. The Morgan fingerprint density at radius 3 is 2.10 bits per heavy atom. The normalized spacial score (nSPS) is 17.6. The first-order valence-electron chi connectivity index (χ1n) is 9.60. The van der Waals surface area contributed by atoms with Gasteiger partial charge in [0.05, 0.1) is 17.4 Å². The smallest absolute Gasteiger partial charge is 0.338 e. The van der Waals surface area contributed by atoms with Gasteiger partial charge in [0.2, 0.25) is 5.91 Å². The minimum Gasteiger partial charge on any atom is -0.481 e. The maximum atomic E-state index is 12.5. The predicted molar refractivity (Wildman–Crippen MR) is 117 cm³/mol. The van der Waals surface area contributed by atoms with Gasteiger partial charge in [-0.1, -0.05) is 40.2 Å². The lowest BCUT2D eigenvalue weighted by molar-refractivity contribution is -0.146. The number of esters is 1. The van der Waals surface area contributed by atoms with Crippen molar-refractivity contribution in [2.45, 2.75) is 12.8 Å². The summed E-state index contributed by atoms with van der Waals surface area (Å²) in [6.07, 6.45) is 4.25. The SMILES string of the molecule is O=C(COC(=O)c1ccc(NC(=O)[C@H]2CC=CC[C@H]2C(=O)O)cc1)c1ccc(Br)cc1. The molecule has 7 nitrogen and oxygen atoms in total. The van der Waals surface area contributed by atoms with Crippen molar-refractivity contribution in [2.75, 3.05) is 11.9 Å². The highest BCUT2D eigenvalue weighted by molar-refractivity contribution is 9.10. The number of ether oxygens (including phenoxy) is 1. The fourth-order valence-corrected chi connectivity index (χ4v) is 3.50. The molecule has 1 aliphatic rings. The Hall–Kier alpha value is -3.26. The molecule has 1 aliphatic carbocycles. The zero-order chi connectivity index (χ0) is 22.4. The third-order valence-corrected chi connectivity index (χ3v) is 5.50. The number of carbonyl (C=O) groups excluding carboxylic acids is 3. The second-order valence-electron chi connectivity index (χ2n) is 7.07. The van der Waals surface area contributed by atoms with E-state index in [2.05, 4.69) is 21.2 Å². The number of hydrogen-bond donors (Lipinski definition) is 2. The molecule has 3 rings (SSSR count). The average Bonchev–Trinajstić information content (AvgIpc) is 2.78. The molecule has 0 saturated heterocycles. The number of anilines is 1. The van der Waals surface area contributed by atoms with Crippen LogP contribution in [0.15, 0.2) is 65.2 Å². The van der Waals surface area contributed by atoms with E-state index in [1.54, 1.807) is 36.4 Å². The summed E-state index contributed by atoms with van der Waals surface area (Å²) in [6, 6.07) is 12.7. The summed E-state index contributed by atoms with van der Waals surface area (Å²) in [6.45, 7) is -0.384. The standard InChI is InChI=1S/C23H20BrNO6/c24-16-9-5-14(6-10-16)20(26)13-31-23(30)15-7-11-17(12-8-15)25-21(27)18-3-1-2-4-19(18)22(28)29/h1-2,5-12,18-19H,3-4,13H2,(H,25,27)(H,28,29)/t18-,19+/m0/s1. The summed E-state index contributed by atoms with van der Waals surface area (Å²) < 4.78 is 5.91. The second-order valence-corrected chi connectivity index (χ2v) is 7.98. The van der Waals surface area contributed by atoms with E-state index in [0.29, 0.717) is 24.1 Å². The van der Waals surface area contributed by atoms with Gasteiger partial charge in [0, 0.05) is 15.7 Å². The van der Waals surface area contributed by atoms with Crippen molar-refractivity contribution in [1.82, 2.24) is 0 Å². The number of carbonyl (C=O) groups is 4. The summed E-state index contributed by atoms with van der Waals surface area (Å²) in [7, 11) is 0. The lowest BCUT2D eigenvalue weighted by Gasteiger charge is -2.24. The van der Waals surface area contributed by atoms with Crippen molar-refractivity contribution < 1.29 is 29.0 Å². The number of amides is 1. The number of aliphatic carboxylic acids is 1. The van der Waals surface area contributed by atoms with Crippen LogP contribution in [0.5, 0.6) is 0 Å². The largest absolute Gasteiger partial charge is 0.481 e. The topological polar surface area (TPSA) is 110 Å². The summed E-state index contributed by atoms with van der Waals surface area (Å²) in [4.78, 5) is 48.2.